The lowest BCUT2D eigenvalue weighted by Gasteiger charge is -2.30. The average Bonchev–Trinajstić information content (AvgIpc) is 2.50. The highest BCUT2D eigenvalue weighted by Crippen LogP contribution is 2.33. The second kappa shape index (κ2) is 7.51. The number of para-hydroxylation sites is 1. The summed E-state index contributed by atoms with van der Waals surface area (Å²) >= 11 is 6.10. The molecule has 1 aliphatic rings. The van der Waals surface area contributed by atoms with E-state index in [1.807, 2.05) is 6.92 Å². The minimum absolute atomic E-state index is 0.204. The summed E-state index contributed by atoms with van der Waals surface area (Å²) in [5.74, 6) is -0.172. The van der Waals surface area contributed by atoms with Crippen molar-refractivity contribution in [3.05, 3.63) is 23.2 Å². The molecule has 1 unspecified atom stereocenters. The smallest absolute Gasteiger partial charge is 0.228 e. The minimum Gasteiger partial charge on any atom is -0.490 e. The van der Waals surface area contributed by atoms with Crippen molar-refractivity contribution in [3.8, 4) is 5.75 Å². The van der Waals surface area contributed by atoms with Crippen LogP contribution in [0.1, 0.15) is 19.8 Å². The summed E-state index contributed by atoms with van der Waals surface area (Å²) in [6, 6.07) is 5.13. The Bertz CT molecular complexity index is 678. The molecule has 6 nitrogen and oxygen atoms in total. The van der Waals surface area contributed by atoms with Gasteiger partial charge in [0.25, 0.3) is 0 Å². The molecule has 1 aromatic rings. The first-order valence-corrected chi connectivity index (χ1v) is 9.73. The van der Waals surface area contributed by atoms with E-state index in [9.17, 15) is 13.2 Å². The second-order valence-corrected chi connectivity index (χ2v) is 7.89. The molecule has 0 radical (unpaired) electrons. The van der Waals surface area contributed by atoms with Crippen LogP contribution in [0.3, 0.4) is 0 Å². The topological polar surface area (TPSA) is 75.7 Å². The zero-order valence-corrected chi connectivity index (χ0v) is 14.8. The fourth-order valence-corrected chi connectivity index (χ4v) is 3.73. The molecule has 1 amide bonds. The van der Waals surface area contributed by atoms with E-state index in [-0.39, 0.29) is 18.4 Å². The lowest BCUT2D eigenvalue weighted by atomic mass is 9.98. The lowest BCUT2D eigenvalue weighted by molar-refractivity contribution is -0.120. The van der Waals surface area contributed by atoms with Gasteiger partial charge in [0.2, 0.25) is 15.9 Å². The first-order chi connectivity index (χ1) is 10.8. The molecule has 128 valence electrons. The summed E-state index contributed by atoms with van der Waals surface area (Å²) in [7, 11) is -3.28. The van der Waals surface area contributed by atoms with Gasteiger partial charge in [-0.1, -0.05) is 17.7 Å². The third-order valence-electron chi connectivity index (χ3n) is 3.74. The van der Waals surface area contributed by atoms with E-state index in [0.29, 0.717) is 42.5 Å². The molecule has 0 spiro atoms. The van der Waals surface area contributed by atoms with Crippen LogP contribution in [-0.4, -0.2) is 44.6 Å². The maximum atomic E-state index is 12.5. The van der Waals surface area contributed by atoms with Crippen molar-refractivity contribution in [3.63, 3.8) is 0 Å². The van der Waals surface area contributed by atoms with Crippen LogP contribution in [0, 0.1) is 5.92 Å². The van der Waals surface area contributed by atoms with Gasteiger partial charge in [-0.05, 0) is 31.9 Å². The monoisotopic (exact) mass is 360 g/mol. The molecule has 1 fully saturated rings. The van der Waals surface area contributed by atoms with Crippen LogP contribution in [0.5, 0.6) is 5.75 Å². The number of sulfonamides is 1. The van der Waals surface area contributed by atoms with Gasteiger partial charge in [-0.2, -0.15) is 0 Å². The summed E-state index contributed by atoms with van der Waals surface area (Å²) in [5, 5.41) is 3.23. The number of carbonyl (C=O) groups excluding carboxylic acids is 1. The number of benzene rings is 1. The molecular formula is C15H21ClN2O4S. The first kappa shape index (κ1) is 18.0. The maximum Gasteiger partial charge on any atom is 0.228 e. The summed E-state index contributed by atoms with van der Waals surface area (Å²) in [6.45, 7) is 2.93. The van der Waals surface area contributed by atoms with Crippen LogP contribution >= 0.6 is 11.6 Å². The highest BCUT2D eigenvalue weighted by Gasteiger charge is 2.30. The maximum absolute atomic E-state index is 12.5. The Hall–Kier alpha value is -1.31. The SMILES string of the molecule is CCOc1c(Cl)cccc1NC(=O)C1CCCN(S(C)(=O)=O)C1. The van der Waals surface area contributed by atoms with E-state index in [1.165, 1.54) is 4.31 Å². The molecule has 1 heterocycles. The van der Waals surface area contributed by atoms with E-state index in [4.69, 9.17) is 16.3 Å². The number of ether oxygens (including phenoxy) is 1. The highest BCUT2D eigenvalue weighted by molar-refractivity contribution is 7.88. The van der Waals surface area contributed by atoms with Crippen LogP contribution in [-0.2, 0) is 14.8 Å². The van der Waals surface area contributed by atoms with Crippen LogP contribution in [0.4, 0.5) is 5.69 Å². The number of carbonyl (C=O) groups is 1. The van der Waals surface area contributed by atoms with Crippen molar-refractivity contribution < 1.29 is 17.9 Å². The van der Waals surface area contributed by atoms with Crippen molar-refractivity contribution >= 4 is 33.2 Å². The number of hydrogen-bond acceptors (Lipinski definition) is 4. The van der Waals surface area contributed by atoms with Crippen molar-refractivity contribution in [1.82, 2.24) is 4.31 Å². The molecule has 0 aliphatic carbocycles. The first-order valence-electron chi connectivity index (χ1n) is 7.50. The quantitative estimate of drug-likeness (QED) is 0.874. The fraction of sp³-hybridized carbons (Fsp3) is 0.533. The van der Waals surface area contributed by atoms with E-state index in [0.717, 1.165) is 6.26 Å². The molecule has 0 aromatic heterocycles. The van der Waals surface area contributed by atoms with Crippen molar-refractivity contribution in [2.24, 2.45) is 5.92 Å². The Kier molecular flexibility index (Phi) is 5.89. The van der Waals surface area contributed by atoms with E-state index >= 15 is 0 Å². The molecule has 1 aromatic carbocycles. The van der Waals surface area contributed by atoms with Crippen molar-refractivity contribution in [2.45, 2.75) is 19.8 Å². The zero-order chi connectivity index (χ0) is 17.0. The number of nitrogens with one attached hydrogen (secondary N) is 1. The summed E-state index contributed by atoms with van der Waals surface area (Å²) in [6.07, 6.45) is 2.48. The Labute approximate surface area is 141 Å². The third-order valence-corrected chi connectivity index (χ3v) is 5.30. The van der Waals surface area contributed by atoms with Gasteiger partial charge < -0.3 is 10.1 Å². The number of hydrogen-bond donors (Lipinski definition) is 1. The van der Waals surface area contributed by atoms with Crippen LogP contribution in [0.15, 0.2) is 18.2 Å². The lowest BCUT2D eigenvalue weighted by Crippen LogP contribution is -2.43. The Morgan fingerprint density at radius 2 is 2.22 bits per heavy atom. The predicted molar refractivity (Wildman–Crippen MR) is 90.4 cm³/mol. The Morgan fingerprint density at radius 1 is 1.48 bits per heavy atom. The average molecular weight is 361 g/mol. The standard InChI is InChI=1S/C15H21ClN2O4S/c1-3-22-14-12(16)7-4-8-13(14)17-15(19)11-6-5-9-18(10-11)23(2,20)21/h4,7-8,11H,3,5-6,9-10H2,1-2H3,(H,17,19). The molecule has 23 heavy (non-hydrogen) atoms. The molecule has 0 bridgehead atoms. The fourth-order valence-electron chi connectivity index (χ4n) is 2.59. The molecule has 1 aliphatic heterocycles. The van der Waals surface area contributed by atoms with E-state index in [2.05, 4.69) is 5.32 Å². The molecule has 8 heteroatoms. The molecule has 0 saturated carbocycles. The molecule has 1 saturated heterocycles. The largest absolute Gasteiger partial charge is 0.490 e. The van der Waals surface area contributed by atoms with Gasteiger partial charge in [-0.15, -0.1) is 0 Å². The number of piperidine rings is 1. The van der Waals surface area contributed by atoms with Crippen LogP contribution in [0.2, 0.25) is 5.02 Å². The Morgan fingerprint density at radius 3 is 2.87 bits per heavy atom. The van der Waals surface area contributed by atoms with Gasteiger partial charge in [0.1, 0.15) is 0 Å². The van der Waals surface area contributed by atoms with E-state index < -0.39 is 10.0 Å². The number of anilines is 1. The molecular weight excluding hydrogens is 340 g/mol. The van der Waals surface area contributed by atoms with Gasteiger partial charge in [0.05, 0.1) is 29.5 Å². The van der Waals surface area contributed by atoms with Crippen molar-refractivity contribution in [2.75, 3.05) is 31.3 Å². The minimum atomic E-state index is -3.28. The van der Waals surface area contributed by atoms with Crippen molar-refractivity contribution in [1.29, 1.82) is 0 Å². The van der Waals surface area contributed by atoms with E-state index in [1.54, 1.807) is 18.2 Å². The summed E-state index contributed by atoms with van der Waals surface area (Å²) < 4.78 is 30.1. The normalized spacial score (nSPS) is 19.3. The summed E-state index contributed by atoms with van der Waals surface area (Å²) in [5.41, 5.74) is 0.501. The second-order valence-electron chi connectivity index (χ2n) is 5.50. The zero-order valence-electron chi connectivity index (χ0n) is 13.2. The Balaban J connectivity index is 2.12. The molecule has 2 rings (SSSR count). The summed E-state index contributed by atoms with van der Waals surface area (Å²) in [4.78, 5) is 12.5. The van der Waals surface area contributed by atoms with Gasteiger partial charge in [-0.25, -0.2) is 12.7 Å². The number of rotatable bonds is 5. The number of amides is 1. The van der Waals surface area contributed by atoms with Crippen LogP contribution < -0.4 is 10.1 Å². The number of halogens is 1. The van der Waals surface area contributed by atoms with Gasteiger partial charge in [-0.3, -0.25) is 4.79 Å². The molecule has 1 N–H and O–H groups in total. The highest BCUT2D eigenvalue weighted by atomic mass is 35.5. The van der Waals surface area contributed by atoms with Gasteiger partial charge in [0.15, 0.2) is 5.75 Å². The third kappa shape index (κ3) is 4.59. The van der Waals surface area contributed by atoms with Crippen LogP contribution in [0.25, 0.3) is 0 Å². The van der Waals surface area contributed by atoms with Gasteiger partial charge >= 0.3 is 0 Å². The van der Waals surface area contributed by atoms with Gasteiger partial charge in [0, 0.05) is 13.1 Å². The molecule has 1 atom stereocenters. The predicted octanol–water partition coefficient (Wildman–Crippen LogP) is 2.35. The number of nitrogens with zero attached hydrogens (tertiary/aromatic N) is 1.